The number of nitrogens with zero attached hydrogens (tertiary/aromatic N) is 2. The summed E-state index contributed by atoms with van der Waals surface area (Å²) in [5.41, 5.74) is 3.14. The molecule has 0 bridgehead atoms. The van der Waals surface area contributed by atoms with Gasteiger partial charge in [-0.2, -0.15) is 0 Å². The third-order valence-electron chi connectivity index (χ3n) is 2.66. The van der Waals surface area contributed by atoms with Gasteiger partial charge in [-0.1, -0.05) is 6.07 Å². The van der Waals surface area contributed by atoms with Crippen LogP contribution < -0.4 is 10.6 Å². The smallest absolute Gasteiger partial charge is 0.411 e. The first kappa shape index (κ1) is 16.0. The van der Waals surface area contributed by atoms with Gasteiger partial charge in [0.25, 0.3) is 0 Å². The van der Waals surface area contributed by atoms with Gasteiger partial charge in [0.15, 0.2) is 0 Å². The number of carbonyl (C=O) groups is 1. The van der Waals surface area contributed by atoms with Crippen LogP contribution in [0.4, 0.5) is 22.1 Å². The number of rotatable bonds is 5. The molecule has 0 saturated carbocycles. The number of amides is 1. The normalized spacial score (nSPS) is 10.1. The van der Waals surface area contributed by atoms with Gasteiger partial charge in [-0.3, -0.25) is 5.32 Å². The summed E-state index contributed by atoms with van der Waals surface area (Å²) >= 11 is 5.46. The number of alkyl halides is 1. The molecule has 0 aliphatic rings. The molecule has 1 aromatic carbocycles. The molecule has 0 aliphatic heterocycles. The maximum atomic E-state index is 11.5. The molecule has 0 spiro atoms. The van der Waals surface area contributed by atoms with Gasteiger partial charge in [-0.25, -0.2) is 14.8 Å². The van der Waals surface area contributed by atoms with Crippen LogP contribution in [0.15, 0.2) is 30.3 Å². The van der Waals surface area contributed by atoms with Crippen molar-refractivity contribution in [1.29, 1.82) is 0 Å². The second kappa shape index (κ2) is 7.61. The molecule has 1 heterocycles. The molecule has 22 heavy (non-hydrogen) atoms. The van der Waals surface area contributed by atoms with Gasteiger partial charge in [-0.15, -0.1) is 11.6 Å². The second-order valence-electron chi connectivity index (χ2n) is 4.63. The number of aromatic nitrogens is 2. The number of halogens is 1. The quantitative estimate of drug-likeness (QED) is 0.823. The van der Waals surface area contributed by atoms with Gasteiger partial charge >= 0.3 is 6.09 Å². The van der Waals surface area contributed by atoms with E-state index in [0.29, 0.717) is 11.6 Å². The van der Waals surface area contributed by atoms with Crippen molar-refractivity contribution >= 4 is 35.0 Å². The van der Waals surface area contributed by atoms with E-state index >= 15 is 0 Å². The van der Waals surface area contributed by atoms with Crippen LogP contribution in [0.3, 0.4) is 0 Å². The topological polar surface area (TPSA) is 76.1 Å². The number of anilines is 3. The molecule has 0 atom stereocenters. The van der Waals surface area contributed by atoms with Crippen LogP contribution in [0.2, 0.25) is 0 Å². The monoisotopic (exact) mass is 320 g/mol. The summed E-state index contributed by atoms with van der Waals surface area (Å²) in [5, 5.41) is 5.73. The van der Waals surface area contributed by atoms with E-state index in [1.807, 2.05) is 32.0 Å². The highest BCUT2D eigenvalue weighted by Gasteiger charge is 2.05. The molecule has 0 saturated heterocycles. The van der Waals surface area contributed by atoms with E-state index < -0.39 is 6.09 Å². The second-order valence-corrected chi connectivity index (χ2v) is 5.01. The van der Waals surface area contributed by atoms with Crippen molar-refractivity contribution < 1.29 is 9.53 Å². The first-order chi connectivity index (χ1) is 10.6. The largest absolute Gasteiger partial charge is 0.448 e. The Bertz CT molecular complexity index is 643. The van der Waals surface area contributed by atoms with Crippen LogP contribution in [0.5, 0.6) is 0 Å². The highest BCUT2D eigenvalue weighted by molar-refractivity contribution is 6.18. The fourth-order valence-electron chi connectivity index (χ4n) is 1.87. The van der Waals surface area contributed by atoms with Crippen molar-refractivity contribution in [2.24, 2.45) is 0 Å². The van der Waals surface area contributed by atoms with E-state index in [4.69, 9.17) is 16.3 Å². The van der Waals surface area contributed by atoms with E-state index in [9.17, 15) is 4.79 Å². The summed E-state index contributed by atoms with van der Waals surface area (Å²) in [6.07, 6.45) is -0.541. The first-order valence-electron chi connectivity index (χ1n) is 6.76. The zero-order valence-electron chi connectivity index (χ0n) is 12.4. The van der Waals surface area contributed by atoms with Gasteiger partial charge < -0.3 is 10.1 Å². The fraction of sp³-hybridized carbons (Fsp3) is 0.267. The predicted octanol–water partition coefficient (Wildman–Crippen LogP) is 3.62. The molecule has 0 radical (unpaired) electrons. The van der Waals surface area contributed by atoms with E-state index in [1.165, 1.54) is 0 Å². The van der Waals surface area contributed by atoms with Crippen LogP contribution in [0, 0.1) is 13.8 Å². The number of nitrogens with one attached hydrogen (secondary N) is 2. The Labute approximate surface area is 133 Å². The highest BCUT2D eigenvalue weighted by atomic mass is 35.5. The van der Waals surface area contributed by atoms with Crippen LogP contribution in [-0.4, -0.2) is 28.5 Å². The third kappa shape index (κ3) is 4.89. The number of ether oxygens (including phenoxy) is 1. The number of hydrogen-bond donors (Lipinski definition) is 2. The van der Waals surface area contributed by atoms with Crippen LogP contribution in [-0.2, 0) is 4.74 Å². The third-order valence-corrected chi connectivity index (χ3v) is 2.81. The molecule has 0 unspecified atom stereocenters. The average Bonchev–Trinajstić information content (AvgIpc) is 2.44. The molecule has 2 aromatic rings. The predicted molar refractivity (Wildman–Crippen MR) is 86.9 cm³/mol. The van der Waals surface area contributed by atoms with Crippen LogP contribution >= 0.6 is 11.6 Å². The van der Waals surface area contributed by atoms with Crippen molar-refractivity contribution in [2.75, 3.05) is 23.1 Å². The van der Waals surface area contributed by atoms with Gasteiger partial charge in [0.2, 0.25) is 5.95 Å². The maximum absolute atomic E-state index is 11.5. The Hall–Kier alpha value is -2.34. The molecule has 1 amide bonds. The maximum Gasteiger partial charge on any atom is 0.411 e. The number of carbonyl (C=O) groups excluding carboxylic acids is 1. The zero-order chi connectivity index (χ0) is 15.9. The summed E-state index contributed by atoms with van der Waals surface area (Å²) in [4.78, 5) is 20.1. The molecule has 0 aliphatic carbocycles. The minimum absolute atomic E-state index is 0.168. The van der Waals surface area contributed by atoms with Crippen molar-refractivity contribution in [3.63, 3.8) is 0 Å². The standard InChI is InChI=1S/C15H17ClN4O2/c1-10-8-11(2)18-14(17-10)19-12-4-3-5-13(9-12)20-15(21)22-7-6-16/h3-5,8-9H,6-7H2,1-2H3,(H,20,21)(H,17,18,19). The highest BCUT2D eigenvalue weighted by Crippen LogP contribution is 2.18. The van der Waals surface area contributed by atoms with E-state index in [2.05, 4.69) is 20.6 Å². The SMILES string of the molecule is Cc1cc(C)nc(Nc2cccc(NC(=O)OCCCl)c2)n1. The fourth-order valence-corrected chi connectivity index (χ4v) is 1.95. The number of benzene rings is 1. The molecular formula is C15H17ClN4O2. The van der Waals surface area contributed by atoms with Gasteiger partial charge in [0, 0.05) is 22.8 Å². The average molecular weight is 321 g/mol. The molecule has 1 aromatic heterocycles. The number of hydrogen-bond acceptors (Lipinski definition) is 5. The Morgan fingerprint density at radius 3 is 2.55 bits per heavy atom. The van der Waals surface area contributed by atoms with Crippen LogP contribution in [0.1, 0.15) is 11.4 Å². The lowest BCUT2D eigenvalue weighted by molar-refractivity contribution is 0.168. The molecule has 7 heteroatoms. The summed E-state index contributed by atoms with van der Waals surface area (Å²) in [7, 11) is 0. The van der Waals surface area contributed by atoms with Gasteiger partial charge in [0.1, 0.15) is 6.61 Å². The molecule has 6 nitrogen and oxygen atoms in total. The molecule has 116 valence electrons. The number of aryl methyl sites for hydroxylation is 2. The van der Waals surface area contributed by atoms with Gasteiger partial charge in [0.05, 0.1) is 5.88 Å². The Kier molecular flexibility index (Phi) is 5.55. The molecule has 0 fully saturated rings. The lowest BCUT2D eigenvalue weighted by Gasteiger charge is -2.09. The van der Waals surface area contributed by atoms with E-state index in [-0.39, 0.29) is 12.5 Å². The Morgan fingerprint density at radius 1 is 1.18 bits per heavy atom. The van der Waals surface area contributed by atoms with E-state index in [1.54, 1.807) is 12.1 Å². The minimum Gasteiger partial charge on any atom is -0.448 e. The molecule has 2 rings (SSSR count). The van der Waals surface area contributed by atoms with Gasteiger partial charge in [-0.05, 0) is 38.1 Å². The van der Waals surface area contributed by atoms with E-state index in [0.717, 1.165) is 17.1 Å². The zero-order valence-corrected chi connectivity index (χ0v) is 13.1. The van der Waals surface area contributed by atoms with Crippen molar-refractivity contribution in [2.45, 2.75) is 13.8 Å². The van der Waals surface area contributed by atoms with Crippen LogP contribution in [0.25, 0.3) is 0 Å². The Balaban J connectivity index is 2.06. The first-order valence-corrected chi connectivity index (χ1v) is 7.29. The molecular weight excluding hydrogens is 304 g/mol. The summed E-state index contributed by atoms with van der Waals surface area (Å²) in [6.45, 7) is 3.98. The van der Waals surface area contributed by atoms with Crippen molar-refractivity contribution in [3.05, 3.63) is 41.7 Å². The summed E-state index contributed by atoms with van der Waals surface area (Å²) in [6, 6.07) is 9.09. The Morgan fingerprint density at radius 2 is 1.86 bits per heavy atom. The molecule has 2 N–H and O–H groups in total. The summed E-state index contributed by atoms with van der Waals surface area (Å²) < 4.78 is 4.86. The summed E-state index contributed by atoms with van der Waals surface area (Å²) in [5.74, 6) is 0.776. The lowest BCUT2D eigenvalue weighted by atomic mass is 10.3. The lowest BCUT2D eigenvalue weighted by Crippen LogP contribution is -2.14. The van der Waals surface area contributed by atoms with Crippen molar-refractivity contribution in [3.8, 4) is 0 Å². The minimum atomic E-state index is -0.541. The van der Waals surface area contributed by atoms with Crippen molar-refractivity contribution in [1.82, 2.24) is 9.97 Å².